The molecule has 2 atom stereocenters. The van der Waals surface area contributed by atoms with Gasteiger partial charge in [-0.25, -0.2) is 8.42 Å². The minimum atomic E-state index is -4.32. The predicted octanol–water partition coefficient (Wildman–Crippen LogP) is 0.505. The Bertz CT molecular complexity index is 1350. The van der Waals surface area contributed by atoms with Crippen LogP contribution in [0.4, 0.5) is 0 Å². The SMILES string of the molecule is C[C@@H](C(=O)N(C)CC(=O)N(C)C)N1CC[C@H](N(CC(N)=O)S(=O)(=O)c2ccc3cc(Cl)ccc3c2)C1=O. The molecule has 2 N–H and O–H groups in total. The molecule has 13 heteroatoms. The van der Waals surface area contributed by atoms with Crippen molar-refractivity contribution < 1.29 is 27.6 Å². The van der Waals surface area contributed by atoms with E-state index in [1.54, 1.807) is 38.4 Å². The van der Waals surface area contributed by atoms with Gasteiger partial charge in [-0.15, -0.1) is 0 Å². The second kappa shape index (κ2) is 11.0. The summed E-state index contributed by atoms with van der Waals surface area (Å²) in [4.78, 5) is 53.8. The molecule has 37 heavy (non-hydrogen) atoms. The number of halogens is 1. The molecule has 0 aliphatic carbocycles. The molecule has 1 fully saturated rings. The van der Waals surface area contributed by atoms with E-state index in [4.69, 9.17) is 17.3 Å². The summed E-state index contributed by atoms with van der Waals surface area (Å²) in [5.74, 6) is -2.30. The number of carbonyl (C=O) groups excluding carboxylic acids is 4. The molecular weight excluding hydrogens is 522 g/mol. The van der Waals surface area contributed by atoms with Crippen molar-refractivity contribution in [1.82, 2.24) is 19.0 Å². The fourth-order valence-corrected chi connectivity index (χ4v) is 6.01. The van der Waals surface area contributed by atoms with E-state index < -0.39 is 46.4 Å². The van der Waals surface area contributed by atoms with Gasteiger partial charge in [-0.05, 0) is 48.4 Å². The smallest absolute Gasteiger partial charge is 0.245 e. The summed E-state index contributed by atoms with van der Waals surface area (Å²) >= 11 is 6.01. The summed E-state index contributed by atoms with van der Waals surface area (Å²) in [6.45, 7) is 0.731. The minimum absolute atomic E-state index is 0.0620. The van der Waals surface area contributed by atoms with Crippen LogP contribution in [0, 0.1) is 0 Å². The summed E-state index contributed by atoms with van der Waals surface area (Å²) in [6, 6.07) is 7.23. The highest BCUT2D eigenvalue weighted by Crippen LogP contribution is 2.29. The average Bonchev–Trinajstić information content (AvgIpc) is 3.21. The lowest BCUT2D eigenvalue weighted by atomic mass is 10.1. The van der Waals surface area contributed by atoms with Gasteiger partial charge in [-0.3, -0.25) is 19.2 Å². The first kappa shape index (κ1) is 28.4. The van der Waals surface area contributed by atoms with E-state index in [1.807, 2.05) is 0 Å². The topological polar surface area (TPSA) is 141 Å². The van der Waals surface area contributed by atoms with Crippen LogP contribution < -0.4 is 5.73 Å². The Morgan fingerprint density at radius 3 is 2.32 bits per heavy atom. The van der Waals surface area contributed by atoms with E-state index in [-0.39, 0.29) is 30.3 Å². The van der Waals surface area contributed by atoms with Gasteiger partial charge in [0.1, 0.15) is 12.1 Å². The standard InChI is InChI=1S/C24H30ClN5O6S/c1-15(23(33)28(4)14-22(32)27(2)3)29-10-9-20(24(29)34)30(13-21(26)31)37(35,36)19-8-6-16-11-18(25)7-5-17(16)12-19/h5-8,11-12,15,20H,9-10,13-14H2,1-4H3,(H2,26,31)/t15-,20-/m0/s1. The Morgan fingerprint density at radius 1 is 1.08 bits per heavy atom. The fraction of sp³-hybridized carbons (Fsp3) is 0.417. The number of likely N-dealkylation sites (tertiary alicyclic amines) is 1. The van der Waals surface area contributed by atoms with Crippen molar-refractivity contribution in [3.05, 3.63) is 41.4 Å². The van der Waals surface area contributed by atoms with Crippen molar-refractivity contribution in [2.75, 3.05) is 40.8 Å². The normalized spacial score (nSPS) is 16.8. The van der Waals surface area contributed by atoms with Gasteiger partial charge in [0.05, 0.1) is 18.0 Å². The molecule has 1 heterocycles. The maximum Gasteiger partial charge on any atom is 0.245 e. The van der Waals surface area contributed by atoms with Gasteiger partial charge in [-0.1, -0.05) is 23.7 Å². The number of primary amides is 1. The van der Waals surface area contributed by atoms with Gasteiger partial charge in [0.2, 0.25) is 33.7 Å². The van der Waals surface area contributed by atoms with Gasteiger partial charge < -0.3 is 20.4 Å². The number of benzene rings is 2. The Morgan fingerprint density at radius 2 is 1.70 bits per heavy atom. The van der Waals surface area contributed by atoms with Crippen molar-refractivity contribution in [3.63, 3.8) is 0 Å². The fourth-order valence-electron chi connectivity index (χ4n) is 4.22. The zero-order valence-corrected chi connectivity index (χ0v) is 22.6. The van der Waals surface area contributed by atoms with Crippen LogP contribution in [0.2, 0.25) is 5.02 Å². The number of sulfonamides is 1. The van der Waals surface area contributed by atoms with Crippen LogP contribution in [-0.2, 0) is 29.2 Å². The summed E-state index contributed by atoms with van der Waals surface area (Å²) < 4.78 is 28.0. The third-order valence-electron chi connectivity index (χ3n) is 6.32. The maximum atomic E-state index is 13.6. The molecule has 1 saturated heterocycles. The third-order valence-corrected chi connectivity index (χ3v) is 8.41. The average molecular weight is 552 g/mol. The summed E-state index contributed by atoms with van der Waals surface area (Å²) in [5, 5.41) is 1.83. The molecule has 0 unspecified atom stereocenters. The highest BCUT2D eigenvalue weighted by Gasteiger charge is 2.45. The molecule has 200 valence electrons. The number of rotatable bonds is 9. The molecule has 3 rings (SSSR count). The first-order chi connectivity index (χ1) is 17.2. The van der Waals surface area contributed by atoms with Gasteiger partial charge in [-0.2, -0.15) is 4.31 Å². The Kier molecular flexibility index (Phi) is 8.45. The Labute approximate surface area is 220 Å². The quantitative estimate of drug-likeness (QED) is 0.481. The number of carbonyl (C=O) groups is 4. The predicted molar refractivity (Wildman–Crippen MR) is 138 cm³/mol. The van der Waals surface area contributed by atoms with Gasteiger partial charge >= 0.3 is 0 Å². The second-order valence-electron chi connectivity index (χ2n) is 9.16. The highest BCUT2D eigenvalue weighted by atomic mass is 35.5. The van der Waals surface area contributed by atoms with Crippen LogP contribution in [0.1, 0.15) is 13.3 Å². The number of nitrogens with zero attached hydrogens (tertiary/aromatic N) is 4. The molecule has 0 saturated carbocycles. The summed E-state index contributed by atoms with van der Waals surface area (Å²) in [6.07, 6.45) is 0.0620. The van der Waals surface area contributed by atoms with Crippen LogP contribution in [-0.4, -0.2) is 104 Å². The lowest BCUT2D eigenvalue weighted by Gasteiger charge is -2.30. The van der Waals surface area contributed by atoms with Crippen LogP contribution in [0.5, 0.6) is 0 Å². The number of likely N-dealkylation sites (N-methyl/N-ethyl adjacent to an activating group) is 2. The molecular formula is C24H30ClN5O6S. The van der Waals surface area contributed by atoms with Crippen molar-refractivity contribution in [3.8, 4) is 0 Å². The molecule has 4 amide bonds. The largest absolute Gasteiger partial charge is 0.369 e. The van der Waals surface area contributed by atoms with Gasteiger partial charge in [0.15, 0.2) is 0 Å². The van der Waals surface area contributed by atoms with Gasteiger partial charge in [0.25, 0.3) is 0 Å². The minimum Gasteiger partial charge on any atom is -0.369 e. The first-order valence-corrected chi connectivity index (χ1v) is 13.3. The Hall–Kier alpha value is -3.22. The lowest BCUT2D eigenvalue weighted by Crippen LogP contribution is -2.52. The molecule has 0 bridgehead atoms. The van der Waals surface area contributed by atoms with Gasteiger partial charge in [0, 0.05) is 32.7 Å². The molecule has 1 aliphatic rings. The van der Waals surface area contributed by atoms with Crippen LogP contribution in [0.25, 0.3) is 10.8 Å². The zero-order chi connectivity index (χ0) is 27.7. The van der Waals surface area contributed by atoms with E-state index in [0.717, 1.165) is 9.69 Å². The highest BCUT2D eigenvalue weighted by molar-refractivity contribution is 7.89. The number of fused-ring (bicyclic) bond motifs is 1. The zero-order valence-electron chi connectivity index (χ0n) is 21.0. The van der Waals surface area contributed by atoms with Crippen molar-refractivity contribution >= 4 is 56.0 Å². The molecule has 0 spiro atoms. The number of hydrogen-bond acceptors (Lipinski definition) is 6. The molecule has 11 nitrogen and oxygen atoms in total. The van der Waals surface area contributed by atoms with E-state index in [2.05, 4.69) is 0 Å². The van der Waals surface area contributed by atoms with Crippen molar-refractivity contribution in [2.45, 2.75) is 30.3 Å². The van der Waals surface area contributed by atoms with Crippen LogP contribution in [0.15, 0.2) is 41.3 Å². The third kappa shape index (κ3) is 6.03. The van der Waals surface area contributed by atoms with E-state index in [1.165, 1.54) is 40.8 Å². The number of amides is 4. The van der Waals surface area contributed by atoms with Crippen LogP contribution in [0.3, 0.4) is 0 Å². The maximum absolute atomic E-state index is 13.6. The van der Waals surface area contributed by atoms with E-state index >= 15 is 0 Å². The lowest BCUT2D eigenvalue weighted by molar-refractivity contribution is -0.145. The summed E-state index contributed by atoms with van der Waals surface area (Å²) in [5.41, 5.74) is 5.36. The van der Waals surface area contributed by atoms with Crippen molar-refractivity contribution in [2.24, 2.45) is 5.73 Å². The molecule has 0 radical (unpaired) electrons. The monoisotopic (exact) mass is 551 g/mol. The van der Waals surface area contributed by atoms with Crippen LogP contribution >= 0.6 is 11.6 Å². The molecule has 1 aliphatic heterocycles. The molecule has 2 aromatic carbocycles. The van der Waals surface area contributed by atoms with E-state index in [0.29, 0.717) is 10.4 Å². The van der Waals surface area contributed by atoms with E-state index in [9.17, 15) is 27.6 Å². The number of hydrogen-bond donors (Lipinski definition) is 1. The first-order valence-electron chi connectivity index (χ1n) is 11.5. The summed E-state index contributed by atoms with van der Waals surface area (Å²) in [7, 11) is 0.268. The van der Waals surface area contributed by atoms with Crippen molar-refractivity contribution in [1.29, 1.82) is 0 Å². The molecule has 0 aromatic heterocycles. The molecule has 2 aromatic rings. The Balaban J connectivity index is 1.87. The number of nitrogens with two attached hydrogens (primary N) is 1. The second-order valence-corrected chi connectivity index (χ2v) is 11.5.